The second kappa shape index (κ2) is 4.91. The second-order valence-corrected chi connectivity index (χ2v) is 4.42. The summed E-state index contributed by atoms with van der Waals surface area (Å²) in [7, 11) is 0. The van der Waals surface area contributed by atoms with Crippen molar-refractivity contribution >= 4 is 12.0 Å². The Morgan fingerprint density at radius 2 is 2.18 bits per heavy atom. The quantitative estimate of drug-likeness (QED) is 0.776. The van der Waals surface area contributed by atoms with Crippen molar-refractivity contribution in [3.05, 3.63) is 0 Å². The number of urea groups is 1. The van der Waals surface area contributed by atoms with Gasteiger partial charge in [0.25, 0.3) is 0 Å². The molecule has 1 saturated carbocycles. The third kappa shape index (κ3) is 2.52. The SMILES string of the molecule is CCN(C(=O)N1CCOCC1C(=O)O)C1CC1. The van der Waals surface area contributed by atoms with Gasteiger partial charge >= 0.3 is 12.0 Å². The molecule has 96 valence electrons. The topological polar surface area (TPSA) is 70.1 Å². The van der Waals surface area contributed by atoms with Crippen molar-refractivity contribution in [3.63, 3.8) is 0 Å². The van der Waals surface area contributed by atoms with Crippen LogP contribution >= 0.6 is 0 Å². The van der Waals surface area contributed by atoms with Gasteiger partial charge < -0.3 is 19.6 Å². The molecule has 1 aliphatic carbocycles. The number of rotatable bonds is 3. The first kappa shape index (κ1) is 12.2. The predicted octanol–water partition coefficient (Wildman–Crippen LogP) is 0.376. The summed E-state index contributed by atoms with van der Waals surface area (Å²) in [4.78, 5) is 26.5. The highest BCUT2D eigenvalue weighted by atomic mass is 16.5. The average Bonchev–Trinajstić information content (AvgIpc) is 3.14. The monoisotopic (exact) mass is 242 g/mol. The normalized spacial score (nSPS) is 24.5. The maximum absolute atomic E-state index is 12.3. The molecule has 2 aliphatic rings. The van der Waals surface area contributed by atoms with Gasteiger partial charge in [0.15, 0.2) is 6.04 Å². The van der Waals surface area contributed by atoms with Crippen molar-refractivity contribution in [2.75, 3.05) is 26.3 Å². The smallest absolute Gasteiger partial charge is 0.328 e. The first-order valence-electron chi connectivity index (χ1n) is 6.03. The van der Waals surface area contributed by atoms with Crippen LogP contribution in [-0.4, -0.2) is 65.3 Å². The molecule has 17 heavy (non-hydrogen) atoms. The van der Waals surface area contributed by atoms with Gasteiger partial charge in [0.2, 0.25) is 0 Å². The lowest BCUT2D eigenvalue weighted by Crippen LogP contribution is -2.56. The van der Waals surface area contributed by atoms with E-state index in [9.17, 15) is 9.59 Å². The van der Waals surface area contributed by atoms with E-state index in [2.05, 4.69) is 0 Å². The highest BCUT2D eigenvalue weighted by molar-refractivity contribution is 5.83. The zero-order valence-corrected chi connectivity index (χ0v) is 9.96. The first-order valence-corrected chi connectivity index (χ1v) is 6.03. The third-order valence-corrected chi connectivity index (χ3v) is 3.23. The van der Waals surface area contributed by atoms with E-state index in [-0.39, 0.29) is 12.6 Å². The van der Waals surface area contributed by atoms with E-state index in [1.807, 2.05) is 6.92 Å². The number of hydrogen-bond donors (Lipinski definition) is 1. The highest BCUT2D eigenvalue weighted by Crippen LogP contribution is 2.28. The van der Waals surface area contributed by atoms with Gasteiger partial charge in [-0.1, -0.05) is 0 Å². The predicted molar refractivity (Wildman–Crippen MR) is 59.7 cm³/mol. The van der Waals surface area contributed by atoms with E-state index in [0.717, 1.165) is 12.8 Å². The molecule has 0 bridgehead atoms. The van der Waals surface area contributed by atoms with Crippen molar-refractivity contribution in [1.29, 1.82) is 0 Å². The van der Waals surface area contributed by atoms with Crippen molar-refractivity contribution in [1.82, 2.24) is 9.80 Å². The number of carbonyl (C=O) groups is 2. The third-order valence-electron chi connectivity index (χ3n) is 3.23. The van der Waals surface area contributed by atoms with Crippen LogP contribution in [-0.2, 0) is 9.53 Å². The maximum atomic E-state index is 12.3. The van der Waals surface area contributed by atoms with Gasteiger partial charge in [0, 0.05) is 19.1 Å². The number of ether oxygens (including phenoxy) is 1. The Morgan fingerprint density at radius 3 is 2.71 bits per heavy atom. The summed E-state index contributed by atoms with van der Waals surface area (Å²) in [5.74, 6) is -0.995. The van der Waals surface area contributed by atoms with Gasteiger partial charge in [0.05, 0.1) is 13.2 Å². The Balaban J connectivity index is 2.06. The molecule has 0 aromatic heterocycles. The molecule has 1 heterocycles. The Labute approximate surface area is 100 Å². The molecule has 1 N–H and O–H groups in total. The molecule has 0 aromatic carbocycles. The standard InChI is InChI=1S/C11H18N2O4/c1-2-12(8-3-4-8)11(16)13-5-6-17-7-9(13)10(14)15/h8-9H,2-7H2,1H3,(H,14,15). The van der Waals surface area contributed by atoms with Gasteiger partial charge in [0.1, 0.15) is 0 Å². The van der Waals surface area contributed by atoms with Crippen LogP contribution in [0.5, 0.6) is 0 Å². The number of hydrogen-bond acceptors (Lipinski definition) is 3. The van der Waals surface area contributed by atoms with Crippen LogP contribution in [0.3, 0.4) is 0 Å². The highest BCUT2D eigenvalue weighted by Gasteiger charge is 2.39. The molecule has 1 aliphatic heterocycles. The number of carboxylic acids is 1. The second-order valence-electron chi connectivity index (χ2n) is 4.42. The number of carbonyl (C=O) groups excluding carboxylic acids is 1. The van der Waals surface area contributed by atoms with E-state index in [0.29, 0.717) is 25.7 Å². The van der Waals surface area contributed by atoms with Crippen LogP contribution < -0.4 is 0 Å². The lowest BCUT2D eigenvalue weighted by atomic mass is 10.2. The lowest BCUT2D eigenvalue weighted by molar-refractivity contribution is -0.147. The minimum absolute atomic E-state index is 0.0866. The fourth-order valence-electron chi connectivity index (χ4n) is 2.14. The van der Waals surface area contributed by atoms with E-state index in [1.165, 1.54) is 4.90 Å². The number of aliphatic carboxylic acids is 1. The van der Waals surface area contributed by atoms with Gasteiger partial charge in [-0.15, -0.1) is 0 Å². The summed E-state index contributed by atoms with van der Waals surface area (Å²) in [6.45, 7) is 3.42. The van der Waals surface area contributed by atoms with Crippen LogP contribution in [0, 0.1) is 0 Å². The van der Waals surface area contributed by atoms with E-state index in [1.54, 1.807) is 4.90 Å². The van der Waals surface area contributed by atoms with Crippen LogP contribution in [0.1, 0.15) is 19.8 Å². The Kier molecular flexibility index (Phi) is 3.51. The maximum Gasteiger partial charge on any atom is 0.328 e. The number of amides is 2. The number of nitrogens with zero attached hydrogens (tertiary/aromatic N) is 2. The van der Waals surface area contributed by atoms with Gasteiger partial charge in [-0.05, 0) is 19.8 Å². The summed E-state index contributed by atoms with van der Waals surface area (Å²) < 4.78 is 5.12. The molecule has 0 spiro atoms. The lowest BCUT2D eigenvalue weighted by Gasteiger charge is -2.36. The summed E-state index contributed by atoms with van der Waals surface area (Å²) in [6, 6.07) is -0.695. The number of carboxylic acid groups (broad SMARTS) is 1. The van der Waals surface area contributed by atoms with E-state index < -0.39 is 12.0 Å². The summed E-state index contributed by atoms with van der Waals surface area (Å²) in [5.41, 5.74) is 0. The minimum atomic E-state index is -0.995. The molecule has 2 rings (SSSR count). The molecule has 1 saturated heterocycles. The summed E-state index contributed by atoms with van der Waals surface area (Å²) >= 11 is 0. The zero-order valence-electron chi connectivity index (χ0n) is 9.96. The molecular weight excluding hydrogens is 224 g/mol. The Morgan fingerprint density at radius 1 is 1.47 bits per heavy atom. The molecule has 2 fully saturated rings. The Bertz CT molecular complexity index is 317. The fraction of sp³-hybridized carbons (Fsp3) is 0.818. The van der Waals surface area contributed by atoms with Crippen LogP contribution in [0.4, 0.5) is 4.79 Å². The minimum Gasteiger partial charge on any atom is -0.480 e. The molecule has 6 nitrogen and oxygen atoms in total. The zero-order chi connectivity index (χ0) is 12.4. The van der Waals surface area contributed by atoms with Gasteiger partial charge in [-0.25, -0.2) is 9.59 Å². The average molecular weight is 242 g/mol. The molecule has 6 heteroatoms. The molecule has 1 unspecified atom stereocenters. The Hall–Kier alpha value is -1.30. The fourth-order valence-corrected chi connectivity index (χ4v) is 2.14. The van der Waals surface area contributed by atoms with Crippen molar-refractivity contribution in [3.8, 4) is 0 Å². The summed E-state index contributed by atoms with van der Waals surface area (Å²) in [5, 5.41) is 9.07. The first-order chi connectivity index (χ1) is 8.15. The molecule has 1 atom stereocenters. The van der Waals surface area contributed by atoms with Crippen LogP contribution in [0.2, 0.25) is 0 Å². The van der Waals surface area contributed by atoms with E-state index in [4.69, 9.17) is 9.84 Å². The molecular formula is C11H18N2O4. The summed E-state index contributed by atoms with van der Waals surface area (Å²) in [6.07, 6.45) is 2.06. The van der Waals surface area contributed by atoms with E-state index >= 15 is 0 Å². The van der Waals surface area contributed by atoms with Gasteiger partial charge in [-0.2, -0.15) is 0 Å². The van der Waals surface area contributed by atoms with Gasteiger partial charge in [-0.3, -0.25) is 0 Å². The molecule has 2 amide bonds. The van der Waals surface area contributed by atoms with Crippen molar-refractivity contribution < 1.29 is 19.4 Å². The van der Waals surface area contributed by atoms with Crippen LogP contribution in [0.15, 0.2) is 0 Å². The largest absolute Gasteiger partial charge is 0.480 e. The van der Waals surface area contributed by atoms with Crippen molar-refractivity contribution in [2.45, 2.75) is 31.8 Å². The molecule has 0 radical (unpaired) electrons. The van der Waals surface area contributed by atoms with Crippen molar-refractivity contribution in [2.24, 2.45) is 0 Å². The number of morpholine rings is 1. The van der Waals surface area contributed by atoms with Crippen LogP contribution in [0.25, 0.3) is 0 Å². The molecule has 0 aromatic rings.